The van der Waals surface area contributed by atoms with Gasteiger partial charge in [0.05, 0.1) is 11.5 Å². The van der Waals surface area contributed by atoms with Gasteiger partial charge in [-0.1, -0.05) is 48.5 Å². The molecule has 0 saturated heterocycles. The number of ether oxygens (including phenoxy) is 1. The van der Waals surface area contributed by atoms with Gasteiger partial charge in [0.25, 0.3) is 11.6 Å². The van der Waals surface area contributed by atoms with Crippen molar-refractivity contribution in [1.29, 1.82) is 0 Å². The Hall–Kier alpha value is -4.17. The van der Waals surface area contributed by atoms with Crippen LogP contribution >= 0.6 is 0 Å². The van der Waals surface area contributed by atoms with Gasteiger partial charge in [-0.15, -0.1) is 0 Å². The van der Waals surface area contributed by atoms with Crippen molar-refractivity contribution in [2.45, 2.75) is 5.92 Å². The lowest BCUT2D eigenvalue weighted by Gasteiger charge is -2.18. The molecule has 0 spiro atoms. The molecule has 0 aliphatic carbocycles. The molecule has 3 N–H and O–H groups in total. The van der Waals surface area contributed by atoms with Crippen LogP contribution in [0.5, 0.6) is 0 Å². The molecule has 4 aromatic rings. The third kappa shape index (κ3) is 5.07. The summed E-state index contributed by atoms with van der Waals surface area (Å²) >= 11 is 0. The highest BCUT2D eigenvalue weighted by molar-refractivity contribution is 5.96. The van der Waals surface area contributed by atoms with Crippen molar-refractivity contribution in [3.63, 3.8) is 0 Å². The number of aromatic nitrogens is 1. The highest BCUT2D eigenvalue weighted by atomic mass is 16.6. The van der Waals surface area contributed by atoms with Gasteiger partial charge < -0.3 is 20.4 Å². The number of para-hydroxylation sites is 1. The number of carbonyl (C=O) groups is 1. The van der Waals surface area contributed by atoms with E-state index in [4.69, 9.17) is 4.74 Å². The van der Waals surface area contributed by atoms with Crippen LogP contribution in [0.25, 0.3) is 10.9 Å². The van der Waals surface area contributed by atoms with E-state index in [1.165, 1.54) is 6.07 Å². The Labute approximate surface area is 197 Å². The molecule has 4 rings (SSSR count). The number of hydrogen-bond acceptors (Lipinski definition) is 5. The molecule has 0 radical (unpaired) electrons. The number of rotatable bonds is 10. The first-order valence-corrected chi connectivity index (χ1v) is 11.0. The quantitative estimate of drug-likeness (QED) is 0.181. The minimum atomic E-state index is -0.495. The average Bonchev–Trinajstić information content (AvgIpc) is 3.29. The zero-order valence-corrected chi connectivity index (χ0v) is 18.8. The molecule has 1 heterocycles. The standard InChI is InChI=1S/C26H26N4O4/c1-34-14-13-27-24-12-11-19(15-25(24)30(32)33)26(31)29-16-21(18-7-3-2-4-8-18)22-17-28-23-10-6-5-9-20(22)23/h2-12,15,17,21,27-28H,13-14,16H2,1H3,(H,29,31). The first kappa shape index (κ1) is 23.0. The molecule has 0 aliphatic heterocycles. The van der Waals surface area contributed by atoms with Crippen LogP contribution in [0.15, 0.2) is 79.0 Å². The Bertz CT molecular complexity index is 1290. The van der Waals surface area contributed by atoms with Gasteiger partial charge in [-0.05, 0) is 29.3 Å². The SMILES string of the molecule is COCCNc1ccc(C(=O)NCC(c2ccccc2)c2c[nH]c3ccccc23)cc1[N+](=O)[O-]. The van der Waals surface area contributed by atoms with Crippen LogP contribution < -0.4 is 10.6 Å². The molecule has 8 heteroatoms. The van der Waals surface area contributed by atoms with E-state index in [1.54, 1.807) is 19.2 Å². The van der Waals surface area contributed by atoms with Crippen LogP contribution in [0.1, 0.15) is 27.4 Å². The summed E-state index contributed by atoms with van der Waals surface area (Å²) in [6.07, 6.45) is 1.97. The fourth-order valence-electron chi connectivity index (χ4n) is 4.03. The second-order valence-electron chi connectivity index (χ2n) is 7.87. The number of aromatic amines is 1. The fourth-order valence-corrected chi connectivity index (χ4v) is 4.03. The normalized spacial score (nSPS) is 11.8. The predicted octanol–water partition coefficient (Wildman–Crippen LogP) is 4.70. The third-order valence-electron chi connectivity index (χ3n) is 5.74. The molecular weight excluding hydrogens is 432 g/mol. The van der Waals surface area contributed by atoms with E-state index in [2.05, 4.69) is 21.7 Å². The number of methoxy groups -OCH3 is 1. The van der Waals surface area contributed by atoms with Crippen LogP contribution in [0.3, 0.4) is 0 Å². The first-order chi connectivity index (χ1) is 16.6. The van der Waals surface area contributed by atoms with Crippen LogP contribution in [-0.2, 0) is 4.74 Å². The van der Waals surface area contributed by atoms with Crippen molar-refractivity contribution >= 4 is 28.2 Å². The van der Waals surface area contributed by atoms with Gasteiger partial charge in [0.2, 0.25) is 0 Å². The maximum absolute atomic E-state index is 13.0. The lowest BCUT2D eigenvalue weighted by atomic mass is 9.91. The Balaban J connectivity index is 1.56. The van der Waals surface area contributed by atoms with Crippen LogP contribution in [0.2, 0.25) is 0 Å². The predicted molar refractivity (Wildman–Crippen MR) is 132 cm³/mol. The van der Waals surface area contributed by atoms with E-state index in [1.807, 2.05) is 54.7 Å². The summed E-state index contributed by atoms with van der Waals surface area (Å²) in [7, 11) is 1.56. The number of amides is 1. The minimum Gasteiger partial charge on any atom is -0.383 e. The first-order valence-electron chi connectivity index (χ1n) is 11.0. The Kier molecular flexibility index (Phi) is 7.19. The molecule has 0 saturated carbocycles. The summed E-state index contributed by atoms with van der Waals surface area (Å²) < 4.78 is 4.98. The molecule has 1 aromatic heterocycles. The number of fused-ring (bicyclic) bond motifs is 1. The summed E-state index contributed by atoms with van der Waals surface area (Å²) in [6, 6.07) is 22.4. The molecule has 3 aromatic carbocycles. The zero-order valence-electron chi connectivity index (χ0n) is 18.8. The van der Waals surface area contributed by atoms with Crippen molar-refractivity contribution in [1.82, 2.24) is 10.3 Å². The second-order valence-corrected chi connectivity index (χ2v) is 7.87. The number of anilines is 1. The summed E-state index contributed by atoms with van der Waals surface area (Å²) in [5.74, 6) is -0.460. The summed E-state index contributed by atoms with van der Waals surface area (Å²) in [6.45, 7) is 1.17. The topological polar surface area (TPSA) is 109 Å². The smallest absolute Gasteiger partial charge is 0.293 e. The van der Waals surface area contributed by atoms with Crippen LogP contribution in [0, 0.1) is 10.1 Å². The molecule has 8 nitrogen and oxygen atoms in total. The van der Waals surface area contributed by atoms with E-state index >= 15 is 0 Å². The molecule has 1 amide bonds. The van der Waals surface area contributed by atoms with Crippen molar-refractivity contribution in [2.24, 2.45) is 0 Å². The monoisotopic (exact) mass is 458 g/mol. The van der Waals surface area contributed by atoms with E-state index in [0.29, 0.717) is 25.4 Å². The fraction of sp³-hybridized carbons (Fsp3) is 0.192. The Morgan fingerprint density at radius 3 is 2.62 bits per heavy atom. The van der Waals surface area contributed by atoms with Crippen molar-refractivity contribution in [3.05, 3.63) is 106 Å². The molecule has 0 aliphatic rings. The lowest BCUT2D eigenvalue weighted by molar-refractivity contribution is -0.384. The van der Waals surface area contributed by atoms with Gasteiger partial charge >= 0.3 is 0 Å². The largest absolute Gasteiger partial charge is 0.383 e. The second kappa shape index (κ2) is 10.6. The number of hydrogen-bond donors (Lipinski definition) is 3. The Morgan fingerprint density at radius 1 is 1.09 bits per heavy atom. The highest BCUT2D eigenvalue weighted by Crippen LogP contribution is 2.31. The summed E-state index contributed by atoms with van der Waals surface area (Å²) in [5, 5.41) is 18.6. The molecule has 1 unspecified atom stereocenters. The van der Waals surface area contributed by atoms with Crippen molar-refractivity contribution in [3.8, 4) is 0 Å². The highest BCUT2D eigenvalue weighted by Gasteiger charge is 2.21. The maximum Gasteiger partial charge on any atom is 0.293 e. The summed E-state index contributed by atoms with van der Waals surface area (Å²) in [4.78, 5) is 27.3. The van der Waals surface area contributed by atoms with Gasteiger partial charge in [0.15, 0.2) is 0 Å². The van der Waals surface area contributed by atoms with Gasteiger partial charge in [-0.25, -0.2) is 0 Å². The number of nitro groups is 1. The molecule has 0 fully saturated rings. The number of nitrogens with zero attached hydrogens (tertiary/aromatic N) is 1. The van der Waals surface area contributed by atoms with Gasteiger partial charge in [0.1, 0.15) is 5.69 Å². The van der Waals surface area contributed by atoms with Crippen molar-refractivity contribution < 1.29 is 14.5 Å². The minimum absolute atomic E-state index is 0.0914. The van der Waals surface area contributed by atoms with E-state index in [0.717, 1.165) is 22.0 Å². The number of nitro benzene ring substituents is 1. The van der Waals surface area contributed by atoms with Crippen LogP contribution in [0.4, 0.5) is 11.4 Å². The third-order valence-corrected chi connectivity index (χ3v) is 5.74. The number of benzene rings is 3. The summed E-state index contributed by atoms with van der Waals surface area (Å²) in [5.41, 5.74) is 3.59. The number of nitrogens with one attached hydrogen (secondary N) is 3. The van der Waals surface area contributed by atoms with Gasteiger partial charge in [0, 0.05) is 54.8 Å². The van der Waals surface area contributed by atoms with E-state index in [-0.39, 0.29) is 23.1 Å². The van der Waals surface area contributed by atoms with Crippen molar-refractivity contribution in [2.75, 3.05) is 32.1 Å². The number of H-pyrrole nitrogens is 1. The lowest BCUT2D eigenvalue weighted by Crippen LogP contribution is -2.29. The Morgan fingerprint density at radius 2 is 1.85 bits per heavy atom. The molecule has 174 valence electrons. The molecular formula is C26H26N4O4. The average molecular weight is 459 g/mol. The van der Waals surface area contributed by atoms with E-state index in [9.17, 15) is 14.9 Å². The van der Waals surface area contributed by atoms with Gasteiger partial charge in [-0.2, -0.15) is 0 Å². The maximum atomic E-state index is 13.0. The zero-order chi connectivity index (χ0) is 23.9. The van der Waals surface area contributed by atoms with Gasteiger partial charge in [-0.3, -0.25) is 14.9 Å². The molecule has 34 heavy (non-hydrogen) atoms. The molecule has 1 atom stereocenters. The van der Waals surface area contributed by atoms with E-state index < -0.39 is 4.92 Å². The molecule has 0 bridgehead atoms. The number of carbonyl (C=O) groups excluding carboxylic acids is 1. The van der Waals surface area contributed by atoms with Crippen LogP contribution in [-0.4, -0.2) is 42.6 Å².